The molecule has 2 amide bonds. The first-order valence-electron chi connectivity index (χ1n) is 6.45. The number of benzene rings is 1. The number of nitrogens with two attached hydrogens (primary N) is 1. The SMILES string of the molecule is BOC(=O)N(C)CCN(C)C(=O)OCc1ccc(N)cc1. The summed E-state index contributed by atoms with van der Waals surface area (Å²) in [5, 5.41) is 0. The molecule has 8 heteroatoms. The van der Waals surface area contributed by atoms with Crippen molar-refractivity contribution in [2.24, 2.45) is 0 Å². The Hall–Kier alpha value is -2.38. The molecule has 0 spiro atoms. The van der Waals surface area contributed by atoms with E-state index in [9.17, 15) is 9.59 Å². The summed E-state index contributed by atoms with van der Waals surface area (Å²) in [4.78, 5) is 25.7. The third-order valence-corrected chi connectivity index (χ3v) is 2.91. The van der Waals surface area contributed by atoms with Gasteiger partial charge in [0, 0.05) is 32.9 Å². The van der Waals surface area contributed by atoms with Crippen LogP contribution in [0.5, 0.6) is 0 Å². The van der Waals surface area contributed by atoms with Gasteiger partial charge in [0.2, 0.25) is 0 Å². The first-order valence-corrected chi connectivity index (χ1v) is 6.45. The summed E-state index contributed by atoms with van der Waals surface area (Å²) in [5.74, 6) is 0. The van der Waals surface area contributed by atoms with Crippen LogP contribution in [0.25, 0.3) is 0 Å². The van der Waals surface area contributed by atoms with E-state index in [-0.39, 0.29) is 6.61 Å². The van der Waals surface area contributed by atoms with E-state index in [1.165, 1.54) is 17.8 Å². The van der Waals surface area contributed by atoms with Crippen molar-refractivity contribution in [2.75, 3.05) is 32.9 Å². The highest BCUT2D eigenvalue weighted by molar-refractivity contribution is 6.04. The lowest BCUT2D eigenvalue weighted by atomic mass is 10.2. The standard InChI is InChI=1S/C13H20BN3O4/c1-16(7-8-17(2)13(19)21-14)12(18)20-9-10-3-5-11(15)6-4-10/h3-6H,7-9,14-15H2,1-2H3. The topological polar surface area (TPSA) is 85.1 Å². The van der Waals surface area contributed by atoms with E-state index in [1.54, 1.807) is 38.4 Å². The van der Waals surface area contributed by atoms with Gasteiger partial charge in [-0.1, -0.05) is 12.1 Å². The Morgan fingerprint density at radius 3 is 2.14 bits per heavy atom. The van der Waals surface area contributed by atoms with Crippen LogP contribution in [0.3, 0.4) is 0 Å². The summed E-state index contributed by atoms with van der Waals surface area (Å²) in [5.41, 5.74) is 7.10. The van der Waals surface area contributed by atoms with Crippen molar-refractivity contribution >= 4 is 25.9 Å². The quantitative estimate of drug-likeness (QED) is 0.629. The van der Waals surface area contributed by atoms with Gasteiger partial charge >= 0.3 is 20.2 Å². The summed E-state index contributed by atoms with van der Waals surface area (Å²) in [6, 6.07) is 7.09. The van der Waals surface area contributed by atoms with Crippen LogP contribution >= 0.6 is 0 Å². The normalized spacial score (nSPS) is 9.81. The van der Waals surface area contributed by atoms with Gasteiger partial charge in [-0.05, 0) is 17.7 Å². The third-order valence-electron chi connectivity index (χ3n) is 2.91. The highest BCUT2D eigenvalue weighted by Gasteiger charge is 2.13. The second-order valence-electron chi connectivity index (χ2n) is 4.61. The van der Waals surface area contributed by atoms with Gasteiger partial charge in [-0.3, -0.25) is 0 Å². The van der Waals surface area contributed by atoms with Crippen molar-refractivity contribution in [1.29, 1.82) is 0 Å². The lowest BCUT2D eigenvalue weighted by molar-refractivity contribution is 0.101. The van der Waals surface area contributed by atoms with Crippen LogP contribution in [0.4, 0.5) is 15.3 Å². The first kappa shape index (κ1) is 16.7. The number of nitrogen functional groups attached to an aromatic ring is 1. The molecule has 0 aliphatic rings. The molecule has 21 heavy (non-hydrogen) atoms. The summed E-state index contributed by atoms with van der Waals surface area (Å²) in [6.45, 7) is 0.891. The molecule has 0 aromatic heterocycles. The zero-order chi connectivity index (χ0) is 15.8. The number of hydrogen-bond acceptors (Lipinski definition) is 5. The maximum absolute atomic E-state index is 11.8. The molecule has 1 aromatic carbocycles. The first-order chi connectivity index (χ1) is 9.93. The van der Waals surface area contributed by atoms with Gasteiger partial charge in [0.1, 0.15) is 6.61 Å². The second kappa shape index (κ2) is 8.03. The van der Waals surface area contributed by atoms with E-state index in [1.807, 2.05) is 0 Å². The molecule has 0 saturated carbocycles. The van der Waals surface area contributed by atoms with Crippen LogP contribution in [0.1, 0.15) is 5.56 Å². The molecule has 0 atom stereocenters. The zero-order valence-electron chi connectivity index (χ0n) is 12.5. The van der Waals surface area contributed by atoms with Gasteiger partial charge in [0.15, 0.2) is 0 Å². The Balaban J connectivity index is 2.34. The number of anilines is 1. The number of carbonyl (C=O) groups excluding carboxylic acids is 2. The van der Waals surface area contributed by atoms with Crippen LogP contribution in [0, 0.1) is 0 Å². The molecule has 114 valence electrons. The third kappa shape index (κ3) is 5.64. The van der Waals surface area contributed by atoms with E-state index in [2.05, 4.69) is 4.65 Å². The molecule has 0 unspecified atom stereocenters. The summed E-state index contributed by atoms with van der Waals surface area (Å²) < 4.78 is 9.72. The number of hydrogen-bond donors (Lipinski definition) is 1. The molecule has 7 nitrogen and oxygen atoms in total. The van der Waals surface area contributed by atoms with Crippen LogP contribution in [-0.2, 0) is 16.0 Å². The Labute approximate surface area is 125 Å². The number of carbonyl (C=O) groups is 2. The van der Waals surface area contributed by atoms with Crippen molar-refractivity contribution in [1.82, 2.24) is 9.80 Å². The summed E-state index contributed by atoms with van der Waals surface area (Å²) >= 11 is 0. The molecule has 0 aliphatic heterocycles. The van der Waals surface area contributed by atoms with Gasteiger partial charge in [-0.25, -0.2) is 9.59 Å². The smallest absolute Gasteiger partial charge is 0.409 e. The predicted octanol–water partition coefficient (Wildman–Crippen LogP) is 0.454. The molecule has 0 heterocycles. The molecular weight excluding hydrogens is 273 g/mol. The van der Waals surface area contributed by atoms with Crippen LogP contribution in [0.15, 0.2) is 24.3 Å². The number of ether oxygens (including phenoxy) is 1. The molecule has 1 rings (SSSR count). The highest BCUT2D eigenvalue weighted by atomic mass is 16.6. The van der Waals surface area contributed by atoms with Crippen LogP contribution < -0.4 is 5.73 Å². The zero-order valence-corrected chi connectivity index (χ0v) is 12.5. The Kier molecular flexibility index (Phi) is 6.38. The van der Waals surface area contributed by atoms with Crippen molar-refractivity contribution in [3.8, 4) is 0 Å². The average Bonchev–Trinajstić information content (AvgIpc) is 2.50. The fourth-order valence-electron chi connectivity index (χ4n) is 1.51. The van der Waals surface area contributed by atoms with Gasteiger partial charge in [0.05, 0.1) is 0 Å². The monoisotopic (exact) mass is 293 g/mol. The van der Waals surface area contributed by atoms with Crippen molar-refractivity contribution in [3.05, 3.63) is 29.8 Å². The second-order valence-corrected chi connectivity index (χ2v) is 4.61. The minimum atomic E-state index is -0.454. The summed E-state index contributed by atoms with van der Waals surface area (Å²) in [7, 11) is 4.51. The van der Waals surface area contributed by atoms with Gasteiger partial charge < -0.3 is 24.9 Å². The minimum absolute atomic E-state index is 0.177. The Bertz CT molecular complexity index is 481. The molecule has 0 saturated heterocycles. The summed E-state index contributed by atoms with van der Waals surface area (Å²) in [6.07, 6.45) is -0.899. The molecule has 0 fully saturated rings. The van der Waals surface area contributed by atoms with Crippen molar-refractivity contribution in [2.45, 2.75) is 6.61 Å². The van der Waals surface area contributed by atoms with Crippen molar-refractivity contribution in [3.63, 3.8) is 0 Å². The maximum Gasteiger partial charge on any atom is 0.409 e. The van der Waals surface area contributed by atoms with Gasteiger partial charge in [-0.2, -0.15) is 0 Å². The molecule has 2 N–H and O–H groups in total. The van der Waals surface area contributed by atoms with Crippen LogP contribution in [-0.4, -0.2) is 57.2 Å². The van der Waals surface area contributed by atoms with Gasteiger partial charge in [-0.15, -0.1) is 0 Å². The lowest BCUT2D eigenvalue weighted by Gasteiger charge is -2.21. The fraction of sp³-hybridized carbons (Fsp3) is 0.385. The average molecular weight is 293 g/mol. The molecular formula is C13H20BN3O4. The van der Waals surface area contributed by atoms with E-state index in [0.717, 1.165) is 5.56 Å². The number of amides is 2. The number of rotatable bonds is 5. The maximum atomic E-state index is 11.8. The molecule has 1 aromatic rings. The molecule has 0 radical (unpaired) electrons. The van der Waals surface area contributed by atoms with Crippen LogP contribution in [0.2, 0.25) is 0 Å². The number of nitrogens with zero attached hydrogens (tertiary/aromatic N) is 2. The Morgan fingerprint density at radius 2 is 1.62 bits per heavy atom. The molecule has 0 aliphatic carbocycles. The molecule has 0 bridgehead atoms. The lowest BCUT2D eigenvalue weighted by Crippen LogP contribution is -2.37. The van der Waals surface area contributed by atoms with E-state index >= 15 is 0 Å². The van der Waals surface area contributed by atoms with E-state index in [0.29, 0.717) is 18.8 Å². The van der Waals surface area contributed by atoms with E-state index < -0.39 is 12.2 Å². The predicted molar refractivity (Wildman–Crippen MR) is 81.3 cm³/mol. The van der Waals surface area contributed by atoms with Gasteiger partial charge in [0.25, 0.3) is 0 Å². The fourth-order valence-corrected chi connectivity index (χ4v) is 1.51. The van der Waals surface area contributed by atoms with Crippen molar-refractivity contribution < 1.29 is 19.0 Å². The minimum Gasteiger partial charge on any atom is -0.528 e. The largest absolute Gasteiger partial charge is 0.528 e. The highest BCUT2D eigenvalue weighted by Crippen LogP contribution is 2.07. The Morgan fingerprint density at radius 1 is 1.10 bits per heavy atom. The number of likely N-dealkylation sites (N-methyl/N-ethyl adjacent to an activating group) is 2. The van der Waals surface area contributed by atoms with E-state index in [4.69, 9.17) is 10.5 Å².